The number of hydrogen-bond acceptors (Lipinski definition) is 7. The maximum absolute atomic E-state index is 12.9. The predicted molar refractivity (Wildman–Crippen MR) is 109 cm³/mol. The zero-order valence-electron chi connectivity index (χ0n) is 16.3. The van der Waals surface area contributed by atoms with Gasteiger partial charge in [0.2, 0.25) is 5.88 Å². The molecule has 1 heterocycles. The first-order chi connectivity index (χ1) is 14.7. The largest absolute Gasteiger partial charge is 0.506 e. The maximum atomic E-state index is 12.9. The van der Waals surface area contributed by atoms with E-state index in [-0.39, 0.29) is 24.7 Å². The number of carboxylic acid groups (broad SMARTS) is 1. The SMILES string of the molecule is COCCNC(=O)c1c(O)c(C(=O)NCC(=O)O)c(=O)n(Cc2ccccc2Cl)c1O. The average Bonchev–Trinajstić information content (AvgIpc) is 2.71. The highest BCUT2D eigenvalue weighted by atomic mass is 35.5. The first kappa shape index (κ1) is 23.7. The molecule has 0 aliphatic heterocycles. The number of nitrogens with one attached hydrogen (secondary N) is 2. The Hall–Kier alpha value is -3.57. The molecule has 0 saturated carbocycles. The van der Waals surface area contributed by atoms with Gasteiger partial charge in [0.05, 0.1) is 13.2 Å². The van der Waals surface area contributed by atoms with E-state index in [4.69, 9.17) is 21.4 Å². The zero-order valence-corrected chi connectivity index (χ0v) is 17.1. The van der Waals surface area contributed by atoms with Gasteiger partial charge in [-0.1, -0.05) is 29.8 Å². The lowest BCUT2D eigenvalue weighted by molar-refractivity contribution is -0.135. The van der Waals surface area contributed by atoms with Crippen molar-refractivity contribution in [1.29, 1.82) is 0 Å². The molecule has 0 radical (unpaired) electrons. The van der Waals surface area contributed by atoms with Crippen molar-refractivity contribution in [2.45, 2.75) is 6.54 Å². The number of aromatic nitrogens is 1. The molecule has 0 atom stereocenters. The quantitative estimate of drug-likeness (QED) is 0.334. The van der Waals surface area contributed by atoms with Gasteiger partial charge in [0.25, 0.3) is 17.4 Å². The van der Waals surface area contributed by atoms with E-state index in [1.165, 1.54) is 13.2 Å². The van der Waals surface area contributed by atoms with Crippen LogP contribution >= 0.6 is 11.6 Å². The number of hydrogen-bond donors (Lipinski definition) is 5. The van der Waals surface area contributed by atoms with Gasteiger partial charge in [-0.3, -0.25) is 23.7 Å². The fourth-order valence-corrected chi connectivity index (χ4v) is 2.85. The van der Waals surface area contributed by atoms with Crippen molar-refractivity contribution in [3.05, 3.63) is 56.3 Å². The van der Waals surface area contributed by atoms with Gasteiger partial charge >= 0.3 is 5.97 Å². The monoisotopic (exact) mass is 453 g/mol. The highest BCUT2D eigenvalue weighted by molar-refractivity contribution is 6.31. The van der Waals surface area contributed by atoms with E-state index in [1.54, 1.807) is 18.2 Å². The highest BCUT2D eigenvalue weighted by Crippen LogP contribution is 2.29. The standard InChI is InChI=1S/C19H20ClN3O8/c1-31-7-6-21-16(27)13-15(26)14(17(28)22-8-12(24)25)19(30)23(18(13)29)9-10-4-2-3-5-11(10)20/h2-5,26,29H,6-9H2,1H3,(H,21,27)(H,22,28)(H,24,25). The highest BCUT2D eigenvalue weighted by Gasteiger charge is 2.30. The van der Waals surface area contributed by atoms with Crippen LogP contribution in [0.15, 0.2) is 29.1 Å². The number of nitrogens with zero attached hydrogens (tertiary/aromatic N) is 1. The molecule has 1 aromatic carbocycles. The molecule has 166 valence electrons. The van der Waals surface area contributed by atoms with Crippen LogP contribution in [-0.2, 0) is 16.1 Å². The van der Waals surface area contributed by atoms with Crippen LogP contribution in [0.5, 0.6) is 11.6 Å². The molecule has 2 rings (SSSR count). The van der Waals surface area contributed by atoms with Crippen LogP contribution in [0.2, 0.25) is 5.02 Å². The Morgan fingerprint density at radius 1 is 1.10 bits per heavy atom. The molecule has 0 bridgehead atoms. The van der Waals surface area contributed by atoms with E-state index in [0.717, 1.165) is 0 Å². The van der Waals surface area contributed by atoms with E-state index >= 15 is 0 Å². The summed E-state index contributed by atoms with van der Waals surface area (Å²) in [5.74, 6) is -5.58. The number of amides is 2. The van der Waals surface area contributed by atoms with Gasteiger partial charge in [0.15, 0.2) is 5.75 Å². The number of methoxy groups -OCH3 is 1. The van der Waals surface area contributed by atoms with Gasteiger partial charge in [-0.15, -0.1) is 0 Å². The lowest BCUT2D eigenvalue weighted by Crippen LogP contribution is -2.37. The summed E-state index contributed by atoms with van der Waals surface area (Å²) >= 11 is 6.10. The Kier molecular flexibility index (Phi) is 8.00. The van der Waals surface area contributed by atoms with Gasteiger partial charge in [-0.2, -0.15) is 0 Å². The number of carboxylic acids is 1. The van der Waals surface area contributed by atoms with Crippen LogP contribution in [-0.4, -0.2) is 64.5 Å². The molecule has 12 heteroatoms. The minimum Gasteiger partial charge on any atom is -0.506 e. The number of carbonyl (C=O) groups is 3. The molecule has 11 nitrogen and oxygen atoms in total. The Labute approximate surface area is 180 Å². The summed E-state index contributed by atoms with van der Waals surface area (Å²) in [4.78, 5) is 48.6. The van der Waals surface area contributed by atoms with Crippen molar-refractivity contribution < 1.29 is 34.4 Å². The summed E-state index contributed by atoms with van der Waals surface area (Å²) in [5, 5.41) is 34.4. The summed E-state index contributed by atoms with van der Waals surface area (Å²) in [7, 11) is 1.40. The van der Waals surface area contributed by atoms with Gasteiger partial charge in [0, 0.05) is 18.7 Å². The van der Waals surface area contributed by atoms with E-state index in [0.29, 0.717) is 10.1 Å². The smallest absolute Gasteiger partial charge is 0.322 e. The topological polar surface area (TPSA) is 167 Å². The van der Waals surface area contributed by atoms with E-state index < -0.39 is 52.6 Å². The number of pyridine rings is 1. The van der Waals surface area contributed by atoms with Crippen molar-refractivity contribution in [2.24, 2.45) is 0 Å². The Morgan fingerprint density at radius 2 is 1.74 bits per heavy atom. The van der Waals surface area contributed by atoms with Gasteiger partial charge in [-0.05, 0) is 11.6 Å². The molecule has 0 spiro atoms. The van der Waals surface area contributed by atoms with Gasteiger partial charge < -0.3 is 30.7 Å². The average molecular weight is 454 g/mol. The van der Waals surface area contributed by atoms with Crippen molar-refractivity contribution in [3.8, 4) is 11.6 Å². The number of aliphatic carboxylic acids is 1. The van der Waals surface area contributed by atoms with Crippen LogP contribution in [0.25, 0.3) is 0 Å². The minimum absolute atomic E-state index is 0.0123. The number of ether oxygens (including phenoxy) is 1. The third-order valence-electron chi connectivity index (χ3n) is 4.14. The van der Waals surface area contributed by atoms with Crippen LogP contribution < -0.4 is 16.2 Å². The fourth-order valence-electron chi connectivity index (χ4n) is 2.65. The van der Waals surface area contributed by atoms with Crippen LogP contribution in [0.1, 0.15) is 26.3 Å². The molecule has 31 heavy (non-hydrogen) atoms. The summed E-state index contributed by atoms with van der Waals surface area (Å²) in [6.07, 6.45) is 0. The van der Waals surface area contributed by atoms with Crippen molar-refractivity contribution in [3.63, 3.8) is 0 Å². The Balaban J connectivity index is 2.63. The first-order valence-electron chi connectivity index (χ1n) is 8.88. The van der Waals surface area contributed by atoms with Crippen LogP contribution in [0.4, 0.5) is 0 Å². The summed E-state index contributed by atoms with van der Waals surface area (Å²) in [6, 6.07) is 6.37. The lowest BCUT2D eigenvalue weighted by Gasteiger charge is -2.17. The molecule has 0 aliphatic rings. The van der Waals surface area contributed by atoms with Gasteiger partial charge in [-0.25, -0.2) is 0 Å². The number of aromatic hydroxyl groups is 2. The fraction of sp³-hybridized carbons (Fsp3) is 0.263. The maximum Gasteiger partial charge on any atom is 0.322 e. The summed E-state index contributed by atoms with van der Waals surface area (Å²) in [6.45, 7) is -1.03. The molecular weight excluding hydrogens is 434 g/mol. The summed E-state index contributed by atoms with van der Waals surface area (Å²) in [5.41, 5.74) is -2.40. The van der Waals surface area contributed by atoms with Crippen molar-refractivity contribution >= 4 is 29.4 Å². The van der Waals surface area contributed by atoms with Crippen LogP contribution in [0.3, 0.4) is 0 Å². The third-order valence-corrected chi connectivity index (χ3v) is 4.51. The molecule has 1 aromatic heterocycles. The van der Waals surface area contributed by atoms with Crippen molar-refractivity contribution in [1.82, 2.24) is 15.2 Å². The molecule has 2 aromatic rings. The third kappa shape index (κ3) is 5.53. The number of rotatable bonds is 9. The molecule has 0 saturated heterocycles. The van der Waals surface area contributed by atoms with E-state index in [1.807, 2.05) is 5.32 Å². The normalized spacial score (nSPS) is 10.5. The second-order valence-corrected chi connectivity index (χ2v) is 6.64. The Bertz CT molecular complexity index is 1070. The Morgan fingerprint density at radius 3 is 2.35 bits per heavy atom. The predicted octanol–water partition coefficient (Wildman–Crippen LogP) is 0.152. The molecule has 0 fully saturated rings. The first-order valence-corrected chi connectivity index (χ1v) is 9.26. The lowest BCUT2D eigenvalue weighted by atomic mass is 10.1. The molecule has 0 aliphatic carbocycles. The molecule has 2 amide bonds. The number of carbonyl (C=O) groups excluding carboxylic acids is 2. The molecular formula is C19H20ClN3O8. The summed E-state index contributed by atoms with van der Waals surface area (Å²) < 4.78 is 5.49. The second-order valence-electron chi connectivity index (χ2n) is 6.23. The van der Waals surface area contributed by atoms with E-state index in [2.05, 4.69) is 5.32 Å². The second kappa shape index (κ2) is 10.5. The molecule has 0 unspecified atom stereocenters. The van der Waals surface area contributed by atoms with Crippen molar-refractivity contribution in [2.75, 3.05) is 26.8 Å². The number of halogens is 1. The molecule has 5 N–H and O–H groups in total. The minimum atomic E-state index is -1.39. The van der Waals surface area contributed by atoms with Gasteiger partial charge in [0.1, 0.15) is 17.7 Å². The zero-order chi connectivity index (χ0) is 23.1. The number of benzene rings is 1. The van der Waals surface area contributed by atoms with E-state index in [9.17, 15) is 29.4 Å². The van der Waals surface area contributed by atoms with Crippen LogP contribution in [0, 0.1) is 0 Å².